The minimum absolute atomic E-state index is 0.0192. The van der Waals surface area contributed by atoms with Gasteiger partial charge in [0.1, 0.15) is 18.2 Å². The minimum atomic E-state index is -4.52. The van der Waals surface area contributed by atoms with Crippen LogP contribution in [-0.2, 0) is 4.79 Å². The Kier molecular flexibility index (Phi) is 5.94. The van der Waals surface area contributed by atoms with Crippen LogP contribution >= 0.6 is 0 Å². The first-order chi connectivity index (χ1) is 14.1. The summed E-state index contributed by atoms with van der Waals surface area (Å²) in [7, 11) is 0. The van der Waals surface area contributed by atoms with Crippen LogP contribution in [0, 0.1) is 6.92 Å². The Bertz CT molecular complexity index is 967. The molecule has 0 saturated heterocycles. The Morgan fingerprint density at radius 3 is 2.80 bits per heavy atom. The second-order valence-electron chi connectivity index (χ2n) is 6.56. The SMILES string of the molecule is Cc1cccc(Nc2nc(NC(C)C(=O)NCC(F)(F)F)nc3c2C(=O)NCO3)c1. The molecule has 9 nitrogen and oxygen atoms in total. The van der Waals surface area contributed by atoms with Crippen LogP contribution in [0.25, 0.3) is 0 Å². The summed E-state index contributed by atoms with van der Waals surface area (Å²) in [6, 6.07) is 6.23. The lowest BCUT2D eigenvalue weighted by Crippen LogP contribution is -2.42. The van der Waals surface area contributed by atoms with Gasteiger partial charge in [-0.2, -0.15) is 23.1 Å². The van der Waals surface area contributed by atoms with E-state index in [-0.39, 0.29) is 29.9 Å². The number of halogens is 3. The van der Waals surface area contributed by atoms with Crippen molar-refractivity contribution in [3.63, 3.8) is 0 Å². The lowest BCUT2D eigenvalue weighted by molar-refractivity contribution is -0.138. The molecule has 2 aromatic rings. The molecular weight excluding hydrogens is 405 g/mol. The summed E-state index contributed by atoms with van der Waals surface area (Å²) in [5, 5.41) is 9.93. The third-order valence-corrected chi connectivity index (χ3v) is 4.03. The number of aryl methyl sites for hydroxylation is 1. The Morgan fingerprint density at radius 2 is 2.10 bits per heavy atom. The molecule has 3 rings (SSSR count). The number of carbonyl (C=O) groups is 2. The van der Waals surface area contributed by atoms with Gasteiger partial charge in [-0.15, -0.1) is 0 Å². The molecule has 1 atom stereocenters. The fourth-order valence-electron chi connectivity index (χ4n) is 2.62. The van der Waals surface area contributed by atoms with Gasteiger partial charge < -0.3 is 26.0 Å². The number of benzene rings is 1. The zero-order chi connectivity index (χ0) is 21.9. The number of amides is 2. The van der Waals surface area contributed by atoms with Crippen molar-refractivity contribution in [1.29, 1.82) is 0 Å². The molecule has 1 aromatic carbocycles. The molecule has 0 bridgehead atoms. The predicted octanol–water partition coefficient (Wildman–Crippen LogP) is 2.09. The van der Waals surface area contributed by atoms with Gasteiger partial charge in [0.2, 0.25) is 17.7 Å². The van der Waals surface area contributed by atoms with Crippen molar-refractivity contribution < 1.29 is 27.5 Å². The molecule has 160 valence electrons. The number of ether oxygens (including phenoxy) is 1. The first kappa shape index (κ1) is 21.1. The molecule has 0 spiro atoms. The van der Waals surface area contributed by atoms with Crippen LogP contribution in [0.3, 0.4) is 0 Å². The van der Waals surface area contributed by atoms with Gasteiger partial charge in [-0.25, -0.2) is 0 Å². The monoisotopic (exact) mass is 424 g/mol. The number of nitrogens with zero attached hydrogens (tertiary/aromatic N) is 2. The number of carbonyl (C=O) groups excluding carboxylic acids is 2. The average Bonchev–Trinajstić information content (AvgIpc) is 2.65. The van der Waals surface area contributed by atoms with Crippen LogP contribution in [0.5, 0.6) is 5.88 Å². The van der Waals surface area contributed by atoms with E-state index in [0.29, 0.717) is 5.69 Å². The van der Waals surface area contributed by atoms with Gasteiger partial charge in [0.15, 0.2) is 12.5 Å². The first-order valence-corrected chi connectivity index (χ1v) is 8.90. The number of rotatable bonds is 6. The lowest BCUT2D eigenvalue weighted by Gasteiger charge is -2.21. The summed E-state index contributed by atoms with van der Waals surface area (Å²) >= 11 is 0. The van der Waals surface area contributed by atoms with E-state index in [2.05, 4.69) is 25.9 Å². The van der Waals surface area contributed by atoms with Crippen molar-refractivity contribution in [3.8, 4) is 5.88 Å². The van der Waals surface area contributed by atoms with Crippen LogP contribution in [0.1, 0.15) is 22.8 Å². The van der Waals surface area contributed by atoms with Crippen molar-refractivity contribution in [3.05, 3.63) is 35.4 Å². The van der Waals surface area contributed by atoms with E-state index in [1.54, 1.807) is 11.4 Å². The number of aromatic nitrogens is 2. The van der Waals surface area contributed by atoms with Crippen LogP contribution in [0.4, 0.5) is 30.6 Å². The highest BCUT2D eigenvalue weighted by Crippen LogP contribution is 2.29. The molecule has 30 heavy (non-hydrogen) atoms. The van der Waals surface area contributed by atoms with Crippen LogP contribution in [0.2, 0.25) is 0 Å². The van der Waals surface area contributed by atoms with Crippen LogP contribution in [0.15, 0.2) is 24.3 Å². The molecule has 0 aliphatic carbocycles. The van der Waals surface area contributed by atoms with E-state index < -0.39 is 30.6 Å². The van der Waals surface area contributed by atoms with E-state index >= 15 is 0 Å². The third kappa shape index (κ3) is 5.27. The molecule has 2 heterocycles. The molecule has 4 N–H and O–H groups in total. The summed E-state index contributed by atoms with van der Waals surface area (Å²) < 4.78 is 42.3. The van der Waals surface area contributed by atoms with Crippen LogP contribution in [-0.4, -0.2) is 47.3 Å². The maximum atomic E-state index is 12.3. The van der Waals surface area contributed by atoms with E-state index in [0.717, 1.165) is 5.56 Å². The van der Waals surface area contributed by atoms with E-state index in [9.17, 15) is 22.8 Å². The number of alkyl halides is 3. The van der Waals surface area contributed by atoms with Crippen molar-refractivity contribution >= 4 is 29.3 Å². The maximum absolute atomic E-state index is 12.3. The number of nitrogens with one attached hydrogen (secondary N) is 4. The van der Waals surface area contributed by atoms with E-state index in [1.807, 2.05) is 25.1 Å². The molecule has 0 saturated carbocycles. The quantitative estimate of drug-likeness (QED) is 0.561. The van der Waals surface area contributed by atoms with Crippen molar-refractivity contribution in [2.45, 2.75) is 26.1 Å². The van der Waals surface area contributed by atoms with Gasteiger partial charge in [-0.3, -0.25) is 9.59 Å². The summed E-state index contributed by atoms with van der Waals surface area (Å²) in [6.45, 7) is 1.69. The van der Waals surface area contributed by atoms with Crippen molar-refractivity contribution in [1.82, 2.24) is 20.6 Å². The second-order valence-corrected chi connectivity index (χ2v) is 6.56. The summed E-state index contributed by atoms with van der Waals surface area (Å²) in [4.78, 5) is 32.5. The highest BCUT2D eigenvalue weighted by molar-refractivity contribution is 6.02. The summed E-state index contributed by atoms with van der Waals surface area (Å²) in [5.41, 5.74) is 1.69. The molecule has 1 aromatic heterocycles. The zero-order valence-electron chi connectivity index (χ0n) is 16.1. The van der Waals surface area contributed by atoms with E-state index in [4.69, 9.17) is 4.74 Å². The zero-order valence-corrected chi connectivity index (χ0v) is 16.1. The third-order valence-electron chi connectivity index (χ3n) is 4.03. The van der Waals surface area contributed by atoms with Crippen molar-refractivity contribution in [2.24, 2.45) is 0 Å². The van der Waals surface area contributed by atoms with E-state index in [1.165, 1.54) is 6.92 Å². The van der Waals surface area contributed by atoms with Gasteiger partial charge in [0.25, 0.3) is 5.91 Å². The van der Waals surface area contributed by atoms with Crippen molar-refractivity contribution in [2.75, 3.05) is 23.9 Å². The van der Waals surface area contributed by atoms with Gasteiger partial charge in [-0.1, -0.05) is 12.1 Å². The molecule has 1 unspecified atom stereocenters. The Hall–Kier alpha value is -3.57. The Balaban J connectivity index is 1.85. The standard InChI is InChI=1S/C18H19F3N6O3/c1-9-4-3-5-11(6-9)25-13-12-15(29)23-8-30-16(12)27-17(26-13)24-10(2)14(28)22-7-18(19,20)21/h3-6,10H,7-8H2,1-2H3,(H,22,28)(H,23,29)(H2,24,25,26,27). The number of anilines is 3. The molecule has 0 radical (unpaired) electrons. The second kappa shape index (κ2) is 8.43. The highest BCUT2D eigenvalue weighted by atomic mass is 19.4. The predicted molar refractivity (Wildman–Crippen MR) is 102 cm³/mol. The normalized spacial score (nSPS) is 14.1. The number of fused-ring (bicyclic) bond motifs is 1. The highest BCUT2D eigenvalue weighted by Gasteiger charge is 2.30. The van der Waals surface area contributed by atoms with Crippen LogP contribution < -0.4 is 26.0 Å². The van der Waals surface area contributed by atoms with Gasteiger partial charge in [0.05, 0.1) is 0 Å². The lowest BCUT2D eigenvalue weighted by atomic mass is 10.2. The van der Waals surface area contributed by atoms with Gasteiger partial charge in [0, 0.05) is 5.69 Å². The average molecular weight is 424 g/mol. The molecule has 1 aliphatic rings. The number of hydrogen-bond acceptors (Lipinski definition) is 7. The van der Waals surface area contributed by atoms with Gasteiger partial charge >= 0.3 is 6.18 Å². The molecule has 1 aliphatic heterocycles. The fourth-order valence-corrected chi connectivity index (χ4v) is 2.62. The Labute approximate surface area is 169 Å². The first-order valence-electron chi connectivity index (χ1n) is 8.90. The maximum Gasteiger partial charge on any atom is 0.405 e. The fraction of sp³-hybridized carbons (Fsp3) is 0.333. The Morgan fingerprint density at radius 1 is 1.33 bits per heavy atom. The molecular formula is C18H19F3N6O3. The minimum Gasteiger partial charge on any atom is -0.456 e. The smallest absolute Gasteiger partial charge is 0.405 e. The summed E-state index contributed by atoms with van der Waals surface area (Å²) in [6.07, 6.45) is -4.52. The largest absolute Gasteiger partial charge is 0.456 e. The number of hydrogen-bond donors (Lipinski definition) is 4. The molecule has 0 fully saturated rings. The topological polar surface area (TPSA) is 117 Å². The van der Waals surface area contributed by atoms with Gasteiger partial charge in [-0.05, 0) is 31.5 Å². The molecule has 12 heteroatoms. The molecule has 2 amide bonds. The summed E-state index contributed by atoms with van der Waals surface area (Å²) in [5.74, 6) is -1.33.